The molecule has 2 aromatic rings. The molecule has 0 spiro atoms. The summed E-state index contributed by atoms with van der Waals surface area (Å²) < 4.78 is 12.5. The second-order valence-corrected chi connectivity index (χ2v) is 7.62. The van der Waals surface area contributed by atoms with E-state index in [1.54, 1.807) is 14.2 Å². The predicted octanol–water partition coefficient (Wildman–Crippen LogP) is 2.91. The van der Waals surface area contributed by atoms with Crippen molar-refractivity contribution in [3.63, 3.8) is 0 Å². The minimum atomic E-state index is -0.431. The van der Waals surface area contributed by atoms with Crippen LogP contribution < -0.4 is 4.74 Å². The van der Waals surface area contributed by atoms with E-state index in [4.69, 9.17) is 9.47 Å². The van der Waals surface area contributed by atoms with E-state index < -0.39 is 5.97 Å². The highest BCUT2D eigenvalue weighted by molar-refractivity contribution is 5.81. The van der Waals surface area contributed by atoms with Gasteiger partial charge in [-0.1, -0.05) is 32.0 Å². The predicted molar refractivity (Wildman–Crippen MR) is 111 cm³/mol. The Morgan fingerprint density at radius 1 is 1.21 bits per heavy atom. The Bertz CT molecular complexity index is 858. The third-order valence-corrected chi connectivity index (χ3v) is 4.77. The lowest BCUT2D eigenvalue weighted by Gasteiger charge is -2.18. The number of rotatable bonds is 9. The molecule has 0 fully saturated rings. The normalized spacial score (nSPS) is 10.9. The summed E-state index contributed by atoms with van der Waals surface area (Å²) in [6, 6.07) is 7.51. The number of aryl methyl sites for hydroxylation is 1. The van der Waals surface area contributed by atoms with Crippen molar-refractivity contribution in [3.05, 3.63) is 46.8 Å². The summed E-state index contributed by atoms with van der Waals surface area (Å²) in [7, 11) is 3.27. The molecule has 0 saturated carbocycles. The SMILES string of the molecule is COc1ccccc1CN(C)C(=O)COC(=O)Cc1c(C)nn(CC(C)C)c1C. The molecule has 0 aliphatic heterocycles. The van der Waals surface area contributed by atoms with Gasteiger partial charge in [0, 0.05) is 37.0 Å². The topological polar surface area (TPSA) is 73.7 Å². The molecule has 0 atom stereocenters. The number of hydrogen-bond acceptors (Lipinski definition) is 5. The van der Waals surface area contributed by atoms with Crippen molar-refractivity contribution in [3.8, 4) is 5.75 Å². The number of hydrogen-bond donors (Lipinski definition) is 0. The van der Waals surface area contributed by atoms with Crippen LogP contribution in [-0.4, -0.2) is 47.3 Å². The van der Waals surface area contributed by atoms with E-state index >= 15 is 0 Å². The van der Waals surface area contributed by atoms with Gasteiger partial charge in [0.05, 0.1) is 19.2 Å². The highest BCUT2D eigenvalue weighted by Crippen LogP contribution is 2.19. The van der Waals surface area contributed by atoms with Gasteiger partial charge in [-0.15, -0.1) is 0 Å². The maximum atomic E-state index is 12.4. The summed E-state index contributed by atoms with van der Waals surface area (Å²) in [6.45, 7) is 8.97. The average Bonchev–Trinajstić information content (AvgIpc) is 2.93. The lowest BCUT2D eigenvalue weighted by atomic mass is 10.1. The fraction of sp³-hybridized carbons (Fsp3) is 0.500. The van der Waals surface area contributed by atoms with E-state index in [2.05, 4.69) is 18.9 Å². The molecule has 0 N–H and O–H groups in total. The molecular formula is C22H31N3O4. The molecule has 1 aromatic carbocycles. The molecule has 0 radical (unpaired) electrons. The number of amides is 1. The molecule has 1 heterocycles. The van der Waals surface area contributed by atoms with E-state index in [1.165, 1.54) is 4.90 Å². The lowest BCUT2D eigenvalue weighted by molar-refractivity contribution is -0.151. The van der Waals surface area contributed by atoms with Gasteiger partial charge in [0.1, 0.15) is 5.75 Å². The van der Waals surface area contributed by atoms with Crippen molar-refractivity contribution in [2.45, 2.75) is 47.2 Å². The van der Waals surface area contributed by atoms with Gasteiger partial charge in [-0.2, -0.15) is 5.10 Å². The van der Waals surface area contributed by atoms with Gasteiger partial charge in [-0.3, -0.25) is 14.3 Å². The number of ether oxygens (including phenoxy) is 2. The van der Waals surface area contributed by atoms with Crippen molar-refractivity contribution in [2.24, 2.45) is 5.92 Å². The number of carbonyl (C=O) groups is 2. The number of methoxy groups -OCH3 is 1. The summed E-state index contributed by atoms with van der Waals surface area (Å²) in [5, 5.41) is 4.51. The Labute approximate surface area is 172 Å². The third kappa shape index (κ3) is 6.07. The van der Waals surface area contributed by atoms with Crippen LogP contribution in [-0.2, 0) is 33.8 Å². The summed E-state index contributed by atoms with van der Waals surface area (Å²) in [4.78, 5) is 26.2. The zero-order valence-electron chi connectivity index (χ0n) is 18.2. The number of likely N-dealkylation sites (N-methyl/N-ethyl adjacent to an activating group) is 1. The number of aromatic nitrogens is 2. The van der Waals surface area contributed by atoms with Crippen LogP contribution in [0.15, 0.2) is 24.3 Å². The first kappa shape index (κ1) is 22.5. The van der Waals surface area contributed by atoms with Crippen molar-refractivity contribution in [1.82, 2.24) is 14.7 Å². The Balaban J connectivity index is 1.90. The minimum Gasteiger partial charge on any atom is -0.496 e. The quantitative estimate of drug-likeness (QED) is 0.604. The van der Waals surface area contributed by atoms with Gasteiger partial charge in [0.25, 0.3) is 5.91 Å². The second-order valence-electron chi connectivity index (χ2n) is 7.62. The van der Waals surface area contributed by atoms with Gasteiger partial charge >= 0.3 is 5.97 Å². The van der Waals surface area contributed by atoms with Crippen molar-refractivity contribution >= 4 is 11.9 Å². The lowest BCUT2D eigenvalue weighted by Crippen LogP contribution is -2.31. The monoisotopic (exact) mass is 401 g/mol. The van der Waals surface area contributed by atoms with Crippen LogP contribution >= 0.6 is 0 Å². The van der Waals surface area contributed by atoms with Crippen LogP contribution in [0.3, 0.4) is 0 Å². The zero-order chi connectivity index (χ0) is 21.6. The molecule has 2 rings (SSSR count). The number of nitrogens with zero attached hydrogens (tertiary/aromatic N) is 3. The average molecular weight is 402 g/mol. The number of para-hydroxylation sites is 1. The molecule has 0 unspecified atom stereocenters. The maximum Gasteiger partial charge on any atom is 0.310 e. The molecule has 7 heteroatoms. The molecule has 158 valence electrons. The van der Waals surface area contributed by atoms with Crippen LogP contribution in [0.25, 0.3) is 0 Å². The maximum absolute atomic E-state index is 12.4. The van der Waals surface area contributed by atoms with Crippen LogP contribution in [0.4, 0.5) is 0 Å². The van der Waals surface area contributed by atoms with Crippen LogP contribution in [0.1, 0.15) is 36.4 Å². The fourth-order valence-electron chi connectivity index (χ4n) is 3.14. The van der Waals surface area contributed by atoms with E-state index in [0.717, 1.165) is 29.1 Å². The van der Waals surface area contributed by atoms with Crippen LogP contribution in [0.2, 0.25) is 0 Å². The largest absolute Gasteiger partial charge is 0.496 e. The van der Waals surface area contributed by atoms with E-state index in [-0.39, 0.29) is 18.9 Å². The molecule has 0 aliphatic carbocycles. The van der Waals surface area contributed by atoms with Gasteiger partial charge < -0.3 is 14.4 Å². The van der Waals surface area contributed by atoms with Crippen molar-refractivity contribution in [2.75, 3.05) is 20.8 Å². The Hall–Kier alpha value is -2.83. The van der Waals surface area contributed by atoms with Crippen LogP contribution in [0, 0.1) is 19.8 Å². The number of carbonyl (C=O) groups excluding carboxylic acids is 2. The van der Waals surface area contributed by atoms with Crippen LogP contribution in [0.5, 0.6) is 5.75 Å². The third-order valence-electron chi connectivity index (χ3n) is 4.77. The summed E-state index contributed by atoms with van der Waals surface area (Å²) in [6.07, 6.45) is 0.110. The highest BCUT2D eigenvalue weighted by atomic mass is 16.5. The highest BCUT2D eigenvalue weighted by Gasteiger charge is 2.18. The van der Waals surface area contributed by atoms with Gasteiger partial charge in [-0.25, -0.2) is 0 Å². The molecule has 29 heavy (non-hydrogen) atoms. The second kappa shape index (κ2) is 10.1. The van der Waals surface area contributed by atoms with Crippen molar-refractivity contribution in [1.29, 1.82) is 0 Å². The molecular weight excluding hydrogens is 370 g/mol. The van der Waals surface area contributed by atoms with Gasteiger partial charge in [0.15, 0.2) is 6.61 Å². The van der Waals surface area contributed by atoms with Gasteiger partial charge in [0.2, 0.25) is 0 Å². The Kier molecular flexibility index (Phi) is 7.82. The molecule has 7 nitrogen and oxygen atoms in total. The first-order chi connectivity index (χ1) is 13.7. The van der Waals surface area contributed by atoms with E-state index in [0.29, 0.717) is 18.2 Å². The Morgan fingerprint density at radius 3 is 2.55 bits per heavy atom. The van der Waals surface area contributed by atoms with E-state index in [1.807, 2.05) is 42.8 Å². The minimum absolute atomic E-state index is 0.110. The Morgan fingerprint density at radius 2 is 1.90 bits per heavy atom. The zero-order valence-corrected chi connectivity index (χ0v) is 18.2. The smallest absolute Gasteiger partial charge is 0.310 e. The molecule has 0 aliphatic rings. The molecule has 1 amide bonds. The fourth-order valence-corrected chi connectivity index (χ4v) is 3.14. The molecule has 0 saturated heterocycles. The first-order valence-corrected chi connectivity index (χ1v) is 9.77. The standard InChI is InChI=1S/C22H31N3O4/c1-15(2)12-25-17(4)19(16(3)23-25)11-22(27)29-14-21(26)24(5)13-18-9-7-8-10-20(18)28-6/h7-10,15H,11-14H2,1-6H3. The summed E-state index contributed by atoms with van der Waals surface area (Å²) >= 11 is 0. The molecule has 1 aromatic heterocycles. The number of benzene rings is 1. The van der Waals surface area contributed by atoms with E-state index in [9.17, 15) is 9.59 Å². The first-order valence-electron chi connectivity index (χ1n) is 9.77. The van der Waals surface area contributed by atoms with Crippen molar-refractivity contribution < 1.29 is 19.1 Å². The summed E-state index contributed by atoms with van der Waals surface area (Å²) in [5.41, 5.74) is 3.54. The summed E-state index contributed by atoms with van der Waals surface area (Å²) in [5.74, 6) is 0.477. The van der Waals surface area contributed by atoms with Gasteiger partial charge in [-0.05, 0) is 25.8 Å². The number of esters is 1. The molecule has 0 bridgehead atoms.